The first-order valence-electron chi connectivity index (χ1n) is 7.98. The SMILES string of the molecule is C[C@H]1C[C@H](C)CN(C(=O)CNC(=O)c2ccc3c(c2)OCO3)C1. The third-order valence-electron chi connectivity index (χ3n) is 4.26. The van der Waals surface area contributed by atoms with Crippen LogP contribution in [0.5, 0.6) is 11.5 Å². The van der Waals surface area contributed by atoms with Crippen molar-refractivity contribution in [3.05, 3.63) is 23.8 Å². The maximum atomic E-state index is 12.3. The van der Waals surface area contributed by atoms with Crippen molar-refractivity contribution >= 4 is 11.8 Å². The predicted molar refractivity (Wildman–Crippen MR) is 84.4 cm³/mol. The summed E-state index contributed by atoms with van der Waals surface area (Å²) in [6.07, 6.45) is 1.15. The minimum Gasteiger partial charge on any atom is -0.454 e. The van der Waals surface area contributed by atoms with Gasteiger partial charge in [-0.15, -0.1) is 0 Å². The van der Waals surface area contributed by atoms with E-state index in [2.05, 4.69) is 19.2 Å². The van der Waals surface area contributed by atoms with Crippen LogP contribution in [0, 0.1) is 11.8 Å². The van der Waals surface area contributed by atoms with E-state index >= 15 is 0 Å². The van der Waals surface area contributed by atoms with Crippen molar-refractivity contribution in [2.24, 2.45) is 11.8 Å². The largest absolute Gasteiger partial charge is 0.454 e. The summed E-state index contributed by atoms with van der Waals surface area (Å²) in [6.45, 7) is 6.03. The van der Waals surface area contributed by atoms with Crippen molar-refractivity contribution in [2.75, 3.05) is 26.4 Å². The molecule has 3 rings (SSSR count). The first-order chi connectivity index (χ1) is 11.0. The molecule has 6 nitrogen and oxygen atoms in total. The van der Waals surface area contributed by atoms with E-state index in [1.165, 1.54) is 0 Å². The number of nitrogens with zero attached hydrogens (tertiary/aromatic N) is 1. The summed E-state index contributed by atoms with van der Waals surface area (Å²) in [6, 6.07) is 5.00. The number of fused-ring (bicyclic) bond motifs is 1. The lowest BCUT2D eigenvalue weighted by atomic mass is 9.92. The molecular formula is C17H22N2O4. The fourth-order valence-electron chi connectivity index (χ4n) is 3.27. The highest BCUT2D eigenvalue weighted by atomic mass is 16.7. The van der Waals surface area contributed by atoms with Crippen LogP contribution in [-0.4, -0.2) is 43.1 Å². The Hall–Kier alpha value is -2.24. The standard InChI is InChI=1S/C17H22N2O4/c1-11-5-12(2)9-19(8-11)16(20)7-18-17(21)13-3-4-14-15(6-13)23-10-22-14/h3-4,6,11-12H,5,7-10H2,1-2H3,(H,18,21)/t11-,12-/m0/s1. The van der Waals surface area contributed by atoms with Gasteiger partial charge in [-0.05, 0) is 36.5 Å². The Balaban J connectivity index is 1.55. The van der Waals surface area contributed by atoms with Gasteiger partial charge in [0.2, 0.25) is 12.7 Å². The van der Waals surface area contributed by atoms with Crippen molar-refractivity contribution in [3.8, 4) is 11.5 Å². The summed E-state index contributed by atoms with van der Waals surface area (Å²) in [5.74, 6) is 1.89. The molecule has 2 atom stereocenters. The van der Waals surface area contributed by atoms with E-state index in [1.807, 2.05) is 4.90 Å². The second kappa shape index (κ2) is 6.48. The van der Waals surface area contributed by atoms with Crippen LogP contribution in [0.15, 0.2) is 18.2 Å². The van der Waals surface area contributed by atoms with E-state index in [4.69, 9.17) is 9.47 Å². The van der Waals surface area contributed by atoms with Crippen LogP contribution < -0.4 is 14.8 Å². The normalized spacial score (nSPS) is 22.8. The van der Waals surface area contributed by atoms with E-state index < -0.39 is 0 Å². The van der Waals surface area contributed by atoms with Crippen LogP contribution in [0.25, 0.3) is 0 Å². The molecule has 1 aromatic carbocycles. The summed E-state index contributed by atoms with van der Waals surface area (Å²) >= 11 is 0. The van der Waals surface area contributed by atoms with Gasteiger partial charge in [-0.3, -0.25) is 9.59 Å². The highest BCUT2D eigenvalue weighted by Gasteiger charge is 2.25. The van der Waals surface area contributed by atoms with E-state index in [0.29, 0.717) is 28.9 Å². The third-order valence-corrected chi connectivity index (χ3v) is 4.26. The van der Waals surface area contributed by atoms with Crippen molar-refractivity contribution < 1.29 is 19.1 Å². The number of nitrogens with one attached hydrogen (secondary N) is 1. The van der Waals surface area contributed by atoms with Gasteiger partial charge in [0.1, 0.15) is 0 Å². The summed E-state index contributed by atoms with van der Waals surface area (Å²) in [7, 11) is 0. The second-order valence-electron chi connectivity index (χ2n) is 6.50. The highest BCUT2D eigenvalue weighted by molar-refractivity contribution is 5.97. The van der Waals surface area contributed by atoms with Gasteiger partial charge >= 0.3 is 0 Å². The maximum Gasteiger partial charge on any atom is 0.251 e. The molecule has 2 amide bonds. The zero-order valence-electron chi connectivity index (χ0n) is 13.5. The van der Waals surface area contributed by atoms with Crippen LogP contribution in [0.2, 0.25) is 0 Å². The lowest BCUT2D eigenvalue weighted by Crippen LogP contribution is -2.46. The Morgan fingerprint density at radius 3 is 2.61 bits per heavy atom. The number of hydrogen-bond acceptors (Lipinski definition) is 4. The van der Waals surface area contributed by atoms with Crippen molar-refractivity contribution in [2.45, 2.75) is 20.3 Å². The van der Waals surface area contributed by atoms with Gasteiger partial charge in [0.15, 0.2) is 11.5 Å². The number of benzene rings is 1. The van der Waals surface area contributed by atoms with Crippen LogP contribution in [0.3, 0.4) is 0 Å². The molecule has 2 aliphatic heterocycles. The Kier molecular flexibility index (Phi) is 4.41. The number of likely N-dealkylation sites (tertiary alicyclic amines) is 1. The maximum absolute atomic E-state index is 12.3. The van der Waals surface area contributed by atoms with E-state index in [-0.39, 0.29) is 25.2 Å². The molecule has 2 aliphatic rings. The lowest BCUT2D eigenvalue weighted by molar-refractivity contribution is -0.132. The Labute approximate surface area is 135 Å². The summed E-state index contributed by atoms with van der Waals surface area (Å²) < 4.78 is 10.5. The third kappa shape index (κ3) is 3.57. The first kappa shape index (κ1) is 15.6. The summed E-state index contributed by atoms with van der Waals surface area (Å²) in [5, 5.41) is 2.69. The van der Waals surface area contributed by atoms with E-state index in [1.54, 1.807) is 18.2 Å². The molecule has 6 heteroatoms. The molecule has 0 spiro atoms. The average molecular weight is 318 g/mol. The number of piperidine rings is 1. The summed E-state index contributed by atoms with van der Waals surface area (Å²) in [5.41, 5.74) is 0.461. The van der Waals surface area contributed by atoms with Gasteiger partial charge in [-0.2, -0.15) is 0 Å². The van der Waals surface area contributed by atoms with Crippen molar-refractivity contribution in [1.29, 1.82) is 0 Å². The van der Waals surface area contributed by atoms with Gasteiger partial charge in [0.25, 0.3) is 5.91 Å². The first-order valence-corrected chi connectivity index (χ1v) is 7.98. The fourth-order valence-corrected chi connectivity index (χ4v) is 3.27. The van der Waals surface area contributed by atoms with Crippen LogP contribution in [-0.2, 0) is 4.79 Å². The average Bonchev–Trinajstić information content (AvgIpc) is 2.98. The number of hydrogen-bond donors (Lipinski definition) is 1. The molecule has 124 valence electrons. The predicted octanol–water partition coefficient (Wildman–Crippen LogP) is 1.65. The smallest absolute Gasteiger partial charge is 0.251 e. The Morgan fingerprint density at radius 1 is 1.17 bits per heavy atom. The molecule has 0 aliphatic carbocycles. The molecule has 1 fully saturated rings. The highest BCUT2D eigenvalue weighted by Crippen LogP contribution is 2.32. The minimum atomic E-state index is -0.283. The van der Waals surface area contributed by atoms with Gasteiger partial charge < -0.3 is 19.7 Å². The lowest BCUT2D eigenvalue weighted by Gasteiger charge is -2.35. The van der Waals surface area contributed by atoms with Crippen molar-refractivity contribution in [3.63, 3.8) is 0 Å². The molecule has 1 saturated heterocycles. The molecule has 23 heavy (non-hydrogen) atoms. The number of rotatable bonds is 3. The number of ether oxygens (including phenoxy) is 2. The van der Waals surface area contributed by atoms with Crippen LogP contribution in [0.1, 0.15) is 30.6 Å². The number of carbonyl (C=O) groups is 2. The number of carbonyl (C=O) groups excluding carboxylic acids is 2. The Bertz CT molecular complexity index is 607. The molecule has 1 N–H and O–H groups in total. The molecular weight excluding hydrogens is 296 g/mol. The van der Waals surface area contributed by atoms with Crippen LogP contribution >= 0.6 is 0 Å². The molecule has 0 unspecified atom stereocenters. The van der Waals surface area contributed by atoms with Gasteiger partial charge in [-0.1, -0.05) is 13.8 Å². The zero-order chi connectivity index (χ0) is 16.4. The quantitative estimate of drug-likeness (QED) is 0.920. The van der Waals surface area contributed by atoms with E-state index in [0.717, 1.165) is 19.5 Å². The molecule has 1 aromatic rings. The molecule has 0 radical (unpaired) electrons. The Morgan fingerprint density at radius 2 is 1.87 bits per heavy atom. The minimum absolute atomic E-state index is 0.0206. The topological polar surface area (TPSA) is 67.9 Å². The fraction of sp³-hybridized carbons (Fsp3) is 0.529. The second-order valence-corrected chi connectivity index (χ2v) is 6.50. The number of amides is 2. The monoisotopic (exact) mass is 318 g/mol. The van der Waals surface area contributed by atoms with Gasteiger partial charge in [0, 0.05) is 18.7 Å². The van der Waals surface area contributed by atoms with Gasteiger partial charge in [-0.25, -0.2) is 0 Å². The molecule has 2 heterocycles. The molecule has 0 aromatic heterocycles. The molecule has 0 bridgehead atoms. The zero-order valence-corrected chi connectivity index (χ0v) is 13.5. The molecule has 0 saturated carbocycles. The van der Waals surface area contributed by atoms with Crippen LogP contribution in [0.4, 0.5) is 0 Å². The summed E-state index contributed by atoms with van der Waals surface area (Å²) in [4.78, 5) is 26.3. The van der Waals surface area contributed by atoms with Gasteiger partial charge in [0.05, 0.1) is 6.54 Å². The van der Waals surface area contributed by atoms with Crippen molar-refractivity contribution in [1.82, 2.24) is 10.2 Å². The van der Waals surface area contributed by atoms with E-state index in [9.17, 15) is 9.59 Å².